The van der Waals surface area contributed by atoms with Crippen LogP contribution in [0.5, 0.6) is 0 Å². The number of hydrogen-bond acceptors (Lipinski definition) is 1. The summed E-state index contributed by atoms with van der Waals surface area (Å²) >= 11 is 0. The molecule has 0 aliphatic carbocycles. The van der Waals surface area contributed by atoms with Crippen LogP contribution in [0.3, 0.4) is 0 Å². The first-order valence-electron chi connectivity index (χ1n) is 8.08. The van der Waals surface area contributed by atoms with Crippen molar-refractivity contribution in [2.45, 2.75) is 27.2 Å². The zero-order valence-corrected chi connectivity index (χ0v) is 13.8. The number of fused-ring (bicyclic) bond motifs is 3. The molecule has 114 valence electrons. The number of benzene rings is 3. The van der Waals surface area contributed by atoms with Crippen molar-refractivity contribution >= 4 is 21.9 Å². The molecule has 1 heteroatoms. The second kappa shape index (κ2) is 5.27. The van der Waals surface area contributed by atoms with Gasteiger partial charge in [0.1, 0.15) is 11.2 Å². The maximum absolute atomic E-state index is 6.06. The molecule has 0 saturated heterocycles. The smallest absolute Gasteiger partial charge is 0.135 e. The van der Waals surface area contributed by atoms with Gasteiger partial charge in [-0.3, -0.25) is 0 Å². The Balaban J connectivity index is 1.85. The van der Waals surface area contributed by atoms with E-state index in [0.29, 0.717) is 0 Å². The van der Waals surface area contributed by atoms with Crippen molar-refractivity contribution in [1.29, 1.82) is 0 Å². The first-order chi connectivity index (χ1) is 11.1. The van der Waals surface area contributed by atoms with Gasteiger partial charge in [0.15, 0.2) is 0 Å². The van der Waals surface area contributed by atoms with Crippen molar-refractivity contribution in [2.75, 3.05) is 0 Å². The quantitative estimate of drug-likeness (QED) is 0.436. The predicted octanol–water partition coefficient (Wildman–Crippen LogP) is 6.10. The van der Waals surface area contributed by atoms with E-state index in [1.54, 1.807) is 0 Å². The van der Waals surface area contributed by atoms with Crippen LogP contribution in [0, 0.1) is 20.8 Å². The van der Waals surface area contributed by atoms with Crippen LogP contribution in [0.2, 0.25) is 0 Å². The van der Waals surface area contributed by atoms with E-state index >= 15 is 0 Å². The number of aryl methyl sites for hydroxylation is 3. The lowest BCUT2D eigenvalue weighted by Gasteiger charge is -2.07. The summed E-state index contributed by atoms with van der Waals surface area (Å²) in [5.74, 6) is 0. The zero-order chi connectivity index (χ0) is 16.0. The van der Waals surface area contributed by atoms with Crippen molar-refractivity contribution in [3.05, 3.63) is 82.4 Å². The molecule has 0 bridgehead atoms. The maximum Gasteiger partial charge on any atom is 0.135 e. The molecule has 1 aromatic heterocycles. The first kappa shape index (κ1) is 14.1. The molecular formula is C22H20O. The van der Waals surface area contributed by atoms with Crippen LogP contribution in [0.4, 0.5) is 0 Å². The fourth-order valence-corrected chi connectivity index (χ4v) is 3.32. The zero-order valence-electron chi connectivity index (χ0n) is 13.8. The molecule has 4 aromatic rings. The summed E-state index contributed by atoms with van der Waals surface area (Å²) in [5, 5.41) is 2.43. The molecule has 0 unspecified atom stereocenters. The van der Waals surface area contributed by atoms with E-state index in [-0.39, 0.29) is 0 Å². The highest BCUT2D eigenvalue weighted by Crippen LogP contribution is 2.32. The van der Waals surface area contributed by atoms with Gasteiger partial charge in [0.2, 0.25) is 0 Å². The van der Waals surface area contributed by atoms with Gasteiger partial charge in [-0.25, -0.2) is 0 Å². The van der Waals surface area contributed by atoms with Gasteiger partial charge in [0.25, 0.3) is 0 Å². The molecule has 0 spiro atoms. The molecule has 0 amide bonds. The summed E-state index contributed by atoms with van der Waals surface area (Å²) < 4.78 is 6.06. The van der Waals surface area contributed by atoms with Gasteiger partial charge < -0.3 is 4.42 Å². The predicted molar refractivity (Wildman–Crippen MR) is 97.2 cm³/mol. The van der Waals surface area contributed by atoms with Crippen LogP contribution in [0.15, 0.2) is 59.0 Å². The van der Waals surface area contributed by atoms with Crippen LogP contribution in [-0.4, -0.2) is 0 Å². The van der Waals surface area contributed by atoms with Crippen LogP contribution in [0.1, 0.15) is 27.8 Å². The van der Waals surface area contributed by atoms with Gasteiger partial charge in [-0.15, -0.1) is 0 Å². The molecule has 23 heavy (non-hydrogen) atoms. The van der Waals surface area contributed by atoms with Gasteiger partial charge in [-0.05, 0) is 68.1 Å². The molecule has 3 aromatic carbocycles. The van der Waals surface area contributed by atoms with Crippen molar-refractivity contribution in [3.8, 4) is 0 Å². The Morgan fingerprint density at radius 1 is 0.739 bits per heavy atom. The Hall–Kier alpha value is -2.54. The Bertz CT molecular complexity index is 1020. The van der Waals surface area contributed by atoms with Gasteiger partial charge in [-0.2, -0.15) is 0 Å². The second-order valence-electron chi connectivity index (χ2n) is 6.54. The topological polar surface area (TPSA) is 13.1 Å². The average molecular weight is 300 g/mol. The van der Waals surface area contributed by atoms with E-state index in [1.165, 1.54) is 38.6 Å². The minimum atomic E-state index is 0.944. The van der Waals surface area contributed by atoms with Crippen LogP contribution >= 0.6 is 0 Å². The summed E-state index contributed by atoms with van der Waals surface area (Å²) in [7, 11) is 0. The molecule has 0 saturated carbocycles. The van der Waals surface area contributed by atoms with Gasteiger partial charge in [-0.1, -0.05) is 41.5 Å². The SMILES string of the molecule is Cc1cccc(Cc2cc3oc4ccc(C)cc4c3cc2C)c1. The fourth-order valence-electron chi connectivity index (χ4n) is 3.32. The monoisotopic (exact) mass is 300 g/mol. The number of hydrogen-bond donors (Lipinski definition) is 0. The summed E-state index contributed by atoms with van der Waals surface area (Å²) in [4.78, 5) is 0. The first-order valence-corrected chi connectivity index (χ1v) is 8.08. The normalized spacial score (nSPS) is 11.4. The van der Waals surface area contributed by atoms with E-state index in [0.717, 1.165) is 17.6 Å². The molecule has 0 fully saturated rings. The molecule has 0 aliphatic rings. The Labute approximate surface area is 136 Å². The van der Waals surface area contributed by atoms with Crippen LogP contribution in [0.25, 0.3) is 21.9 Å². The number of furan rings is 1. The third-order valence-corrected chi connectivity index (χ3v) is 4.56. The number of rotatable bonds is 2. The van der Waals surface area contributed by atoms with E-state index in [2.05, 4.69) is 75.4 Å². The molecule has 1 nitrogen and oxygen atoms in total. The second-order valence-corrected chi connectivity index (χ2v) is 6.54. The highest BCUT2D eigenvalue weighted by Gasteiger charge is 2.10. The minimum Gasteiger partial charge on any atom is -0.456 e. The third-order valence-electron chi connectivity index (χ3n) is 4.56. The van der Waals surface area contributed by atoms with Crippen molar-refractivity contribution in [2.24, 2.45) is 0 Å². The maximum atomic E-state index is 6.06. The van der Waals surface area contributed by atoms with Crippen molar-refractivity contribution in [3.63, 3.8) is 0 Å². The molecule has 4 rings (SSSR count). The van der Waals surface area contributed by atoms with Gasteiger partial charge in [0, 0.05) is 10.8 Å². The lowest BCUT2D eigenvalue weighted by Crippen LogP contribution is -1.92. The summed E-state index contributed by atoms with van der Waals surface area (Å²) in [5.41, 5.74) is 8.53. The summed E-state index contributed by atoms with van der Waals surface area (Å²) in [6, 6.07) is 19.6. The molecule has 0 atom stereocenters. The lowest BCUT2D eigenvalue weighted by molar-refractivity contribution is 0.668. The third kappa shape index (κ3) is 2.53. The fraction of sp³-hybridized carbons (Fsp3) is 0.182. The highest BCUT2D eigenvalue weighted by atomic mass is 16.3. The Kier molecular flexibility index (Phi) is 3.23. The van der Waals surface area contributed by atoms with E-state index in [1.807, 2.05) is 0 Å². The van der Waals surface area contributed by atoms with Gasteiger partial charge in [0.05, 0.1) is 0 Å². The van der Waals surface area contributed by atoms with Crippen LogP contribution < -0.4 is 0 Å². The average Bonchev–Trinajstić information content (AvgIpc) is 2.85. The summed E-state index contributed by atoms with van der Waals surface area (Å²) in [6.07, 6.45) is 0.944. The lowest BCUT2D eigenvalue weighted by atomic mass is 9.97. The van der Waals surface area contributed by atoms with Crippen LogP contribution in [-0.2, 0) is 6.42 Å². The minimum absolute atomic E-state index is 0.944. The molecule has 0 radical (unpaired) electrons. The van der Waals surface area contributed by atoms with E-state index in [4.69, 9.17) is 4.42 Å². The largest absolute Gasteiger partial charge is 0.456 e. The van der Waals surface area contributed by atoms with E-state index < -0.39 is 0 Å². The molecule has 0 N–H and O–H groups in total. The molecular weight excluding hydrogens is 280 g/mol. The van der Waals surface area contributed by atoms with Crippen molar-refractivity contribution in [1.82, 2.24) is 0 Å². The molecule has 0 aliphatic heterocycles. The summed E-state index contributed by atoms with van der Waals surface area (Å²) in [6.45, 7) is 6.46. The van der Waals surface area contributed by atoms with Crippen molar-refractivity contribution < 1.29 is 4.42 Å². The molecule has 1 heterocycles. The standard InChI is InChI=1S/C22H20O/c1-14-5-4-6-17(9-14)12-18-13-22-20(11-16(18)3)19-10-15(2)7-8-21(19)23-22/h4-11,13H,12H2,1-3H3. The Morgan fingerprint density at radius 3 is 2.35 bits per heavy atom. The van der Waals surface area contributed by atoms with E-state index in [9.17, 15) is 0 Å². The van der Waals surface area contributed by atoms with Gasteiger partial charge >= 0.3 is 0 Å². The highest BCUT2D eigenvalue weighted by molar-refractivity contribution is 6.05. The Morgan fingerprint density at radius 2 is 1.52 bits per heavy atom.